The van der Waals surface area contributed by atoms with Crippen LogP contribution in [-0.2, 0) is 0 Å². The molecule has 0 saturated carbocycles. The van der Waals surface area contributed by atoms with Gasteiger partial charge in [0.25, 0.3) is 0 Å². The number of rotatable bonds is 2. The summed E-state index contributed by atoms with van der Waals surface area (Å²) in [6.07, 6.45) is 0. The van der Waals surface area contributed by atoms with Gasteiger partial charge in [-0.2, -0.15) is 5.26 Å². The number of nitrogens with two attached hydrogens (primary N) is 1. The zero-order valence-electron chi connectivity index (χ0n) is 12.2. The van der Waals surface area contributed by atoms with Crippen LogP contribution in [0.2, 0.25) is 15.1 Å². The van der Waals surface area contributed by atoms with E-state index in [-0.39, 0.29) is 5.82 Å². The van der Waals surface area contributed by atoms with Crippen molar-refractivity contribution in [2.24, 2.45) is 0 Å². The van der Waals surface area contributed by atoms with Crippen molar-refractivity contribution in [2.75, 3.05) is 5.73 Å². The molecule has 0 spiro atoms. The fourth-order valence-electron chi connectivity index (χ4n) is 2.37. The molecular weight excluding hydrogens is 365 g/mol. The van der Waals surface area contributed by atoms with Crippen LogP contribution in [0, 0.1) is 11.3 Å². The van der Waals surface area contributed by atoms with Crippen LogP contribution in [0.5, 0.6) is 0 Å². The Morgan fingerprint density at radius 1 is 0.875 bits per heavy atom. The minimum atomic E-state index is 0.144. The Morgan fingerprint density at radius 3 is 2.17 bits per heavy atom. The quantitative estimate of drug-likeness (QED) is 0.614. The number of nitrogen functional groups attached to an aromatic ring is 1. The number of nitrogens with zero attached hydrogens (tertiary/aromatic N) is 2. The minimum Gasteiger partial charge on any atom is -0.383 e. The molecular formula is C18H10Cl3N3. The summed E-state index contributed by atoms with van der Waals surface area (Å²) >= 11 is 18.1. The van der Waals surface area contributed by atoms with E-state index in [1.807, 2.05) is 12.1 Å². The van der Waals surface area contributed by atoms with E-state index >= 15 is 0 Å². The van der Waals surface area contributed by atoms with E-state index in [1.165, 1.54) is 0 Å². The Labute approximate surface area is 154 Å². The molecule has 6 heteroatoms. The first-order valence-electron chi connectivity index (χ1n) is 6.91. The van der Waals surface area contributed by atoms with Crippen molar-refractivity contribution in [3.63, 3.8) is 0 Å². The molecule has 3 rings (SSSR count). The summed E-state index contributed by atoms with van der Waals surface area (Å²) in [5, 5.41) is 11.0. The molecule has 0 aliphatic carbocycles. The molecule has 2 aromatic carbocycles. The molecule has 1 aromatic heterocycles. The molecule has 0 aliphatic rings. The highest BCUT2D eigenvalue weighted by atomic mass is 35.5. The molecule has 1 heterocycles. The van der Waals surface area contributed by atoms with Gasteiger partial charge in [-0.05, 0) is 42.0 Å². The molecule has 2 N–H and O–H groups in total. The predicted octanol–water partition coefficient (Wildman–Crippen LogP) is 5.83. The molecule has 0 bridgehead atoms. The smallest absolute Gasteiger partial charge is 0.142 e. The van der Waals surface area contributed by atoms with Crippen molar-refractivity contribution in [1.82, 2.24) is 4.98 Å². The molecule has 0 saturated heterocycles. The lowest BCUT2D eigenvalue weighted by Gasteiger charge is -2.11. The third-order valence-corrected chi connectivity index (χ3v) is 4.32. The highest BCUT2D eigenvalue weighted by Crippen LogP contribution is 2.35. The summed E-state index contributed by atoms with van der Waals surface area (Å²) in [6, 6.07) is 16.2. The molecule has 0 atom stereocenters. The van der Waals surface area contributed by atoms with Gasteiger partial charge in [-0.3, -0.25) is 0 Å². The second-order valence-electron chi connectivity index (χ2n) is 5.06. The fraction of sp³-hybridized carbons (Fsp3) is 0. The van der Waals surface area contributed by atoms with E-state index in [0.29, 0.717) is 37.5 Å². The molecule has 3 nitrogen and oxygen atoms in total. The molecule has 0 amide bonds. The standard InChI is InChI=1S/C18H10Cl3N3/c19-11-3-1-10(2-4-11)14-8-17(24-18(23)15(14)9-22)13-6-5-12(20)7-16(13)21/h1-8H,(H2,23,24). The molecule has 0 aliphatic heterocycles. The van der Waals surface area contributed by atoms with E-state index in [1.54, 1.807) is 36.4 Å². The maximum Gasteiger partial charge on any atom is 0.142 e. The number of hydrogen-bond acceptors (Lipinski definition) is 3. The Morgan fingerprint density at radius 2 is 1.54 bits per heavy atom. The summed E-state index contributed by atoms with van der Waals surface area (Å²) in [7, 11) is 0. The van der Waals surface area contributed by atoms with Crippen LogP contribution >= 0.6 is 34.8 Å². The minimum absolute atomic E-state index is 0.144. The Bertz CT molecular complexity index is 960. The van der Waals surface area contributed by atoms with Crippen molar-refractivity contribution in [3.05, 3.63) is 69.2 Å². The van der Waals surface area contributed by atoms with Gasteiger partial charge in [0.2, 0.25) is 0 Å². The van der Waals surface area contributed by atoms with Gasteiger partial charge in [-0.15, -0.1) is 0 Å². The van der Waals surface area contributed by atoms with Crippen molar-refractivity contribution in [2.45, 2.75) is 0 Å². The number of halogens is 3. The maximum absolute atomic E-state index is 9.43. The normalized spacial score (nSPS) is 10.4. The van der Waals surface area contributed by atoms with E-state index in [4.69, 9.17) is 40.5 Å². The summed E-state index contributed by atoms with van der Waals surface area (Å²) < 4.78 is 0. The van der Waals surface area contributed by atoms with Crippen molar-refractivity contribution in [3.8, 4) is 28.5 Å². The molecule has 118 valence electrons. The van der Waals surface area contributed by atoms with Crippen LogP contribution in [0.4, 0.5) is 5.82 Å². The van der Waals surface area contributed by atoms with Gasteiger partial charge in [-0.1, -0.05) is 46.9 Å². The highest BCUT2D eigenvalue weighted by molar-refractivity contribution is 6.36. The number of nitriles is 1. The summed E-state index contributed by atoms with van der Waals surface area (Å²) in [5.74, 6) is 0.144. The number of hydrogen-bond donors (Lipinski definition) is 1. The Kier molecular flexibility index (Phi) is 4.64. The van der Waals surface area contributed by atoms with Crippen LogP contribution < -0.4 is 5.73 Å². The first kappa shape index (κ1) is 16.6. The average Bonchev–Trinajstić information content (AvgIpc) is 2.55. The second-order valence-corrected chi connectivity index (χ2v) is 6.34. The van der Waals surface area contributed by atoms with Gasteiger partial charge < -0.3 is 5.73 Å². The van der Waals surface area contributed by atoms with E-state index in [9.17, 15) is 5.26 Å². The van der Waals surface area contributed by atoms with Crippen LogP contribution in [0.3, 0.4) is 0 Å². The Balaban J connectivity index is 2.24. The van der Waals surface area contributed by atoms with Gasteiger partial charge in [-0.25, -0.2) is 4.98 Å². The van der Waals surface area contributed by atoms with E-state index < -0.39 is 0 Å². The number of benzene rings is 2. The van der Waals surface area contributed by atoms with Gasteiger partial charge in [0.1, 0.15) is 17.5 Å². The van der Waals surface area contributed by atoms with Crippen molar-refractivity contribution >= 4 is 40.6 Å². The first-order valence-corrected chi connectivity index (χ1v) is 8.05. The molecule has 24 heavy (non-hydrogen) atoms. The number of pyridine rings is 1. The van der Waals surface area contributed by atoms with Crippen molar-refractivity contribution < 1.29 is 0 Å². The van der Waals surface area contributed by atoms with Crippen LogP contribution in [-0.4, -0.2) is 4.98 Å². The summed E-state index contributed by atoms with van der Waals surface area (Å²) in [5.41, 5.74) is 9.04. The summed E-state index contributed by atoms with van der Waals surface area (Å²) in [6.45, 7) is 0. The lowest BCUT2D eigenvalue weighted by molar-refractivity contribution is 1.31. The van der Waals surface area contributed by atoms with Crippen LogP contribution in [0.25, 0.3) is 22.4 Å². The second kappa shape index (κ2) is 6.70. The topological polar surface area (TPSA) is 62.7 Å². The molecule has 0 radical (unpaired) electrons. The zero-order valence-corrected chi connectivity index (χ0v) is 14.5. The molecule has 0 unspecified atom stereocenters. The average molecular weight is 375 g/mol. The van der Waals surface area contributed by atoms with Crippen LogP contribution in [0.1, 0.15) is 5.56 Å². The van der Waals surface area contributed by atoms with E-state index in [2.05, 4.69) is 11.1 Å². The summed E-state index contributed by atoms with van der Waals surface area (Å²) in [4.78, 5) is 4.31. The molecule has 0 fully saturated rings. The highest BCUT2D eigenvalue weighted by Gasteiger charge is 2.15. The van der Waals surface area contributed by atoms with Crippen LogP contribution in [0.15, 0.2) is 48.5 Å². The van der Waals surface area contributed by atoms with E-state index in [0.717, 1.165) is 5.56 Å². The van der Waals surface area contributed by atoms with Gasteiger partial charge in [0.15, 0.2) is 0 Å². The third kappa shape index (κ3) is 3.18. The molecule has 3 aromatic rings. The van der Waals surface area contributed by atoms with Gasteiger partial charge in [0, 0.05) is 21.2 Å². The number of aromatic nitrogens is 1. The SMILES string of the molecule is N#Cc1c(-c2ccc(Cl)cc2)cc(-c2ccc(Cl)cc2Cl)nc1N. The monoisotopic (exact) mass is 373 g/mol. The van der Waals surface area contributed by atoms with Gasteiger partial charge >= 0.3 is 0 Å². The first-order chi connectivity index (χ1) is 11.5. The number of anilines is 1. The van der Waals surface area contributed by atoms with Crippen molar-refractivity contribution in [1.29, 1.82) is 5.26 Å². The zero-order chi connectivity index (χ0) is 17.3. The predicted molar refractivity (Wildman–Crippen MR) is 99.3 cm³/mol. The lowest BCUT2D eigenvalue weighted by atomic mass is 9.98. The maximum atomic E-state index is 9.43. The fourth-order valence-corrected chi connectivity index (χ4v) is 3.01. The van der Waals surface area contributed by atoms with Gasteiger partial charge in [0.05, 0.1) is 10.7 Å². The largest absolute Gasteiger partial charge is 0.383 e. The lowest BCUT2D eigenvalue weighted by Crippen LogP contribution is -2.00. The Hall–Kier alpha value is -2.25. The third-order valence-electron chi connectivity index (χ3n) is 3.52.